The number of phenols is 1. The average molecular weight is 237 g/mol. The van der Waals surface area contributed by atoms with E-state index in [0.717, 1.165) is 11.1 Å². The van der Waals surface area contributed by atoms with Gasteiger partial charge in [-0.15, -0.1) is 0 Å². The summed E-state index contributed by atoms with van der Waals surface area (Å²) in [5, 5.41) is 18.9. The van der Waals surface area contributed by atoms with Gasteiger partial charge in [0.1, 0.15) is 5.75 Å². The van der Waals surface area contributed by atoms with E-state index in [9.17, 15) is 9.90 Å². The van der Waals surface area contributed by atoms with Crippen LogP contribution < -0.4 is 5.73 Å². The highest BCUT2D eigenvalue weighted by atomic mass is 16.4. The molecule has 0 amide bonds. The number of rotatable bonds is 3. The second kappa shape index (κ2) is 4.75. The zero-order chi connectivity index (χ0) is 13.2. The summed E-state index contributed by atoms with van der Waals surface area (Å²) in [6.45, 7) is 6.22. The highest BCUT2D eigenvalue weighted by molar-refractivity contribution is 5.72. The van der Waals surface area contributed by atoms with Crippen molar-refractivity contribution in [2.45, 2.75) is 39.2 Å². The summed E-state index contributed by atoms with van der Waals surface area (Å²) in [7, 11) is 0. The van der Waals surface area contributed by atoms with E-state index in [1.54, 1.807) is 6.07 Å². The minimum atomic E-state index is -0.964. The van der Waals surface area contributed by atoms with Crippen LogP contribution in [0.5, 0.6) is 5.75 Å². The Morgan fingerprint density at radius 1 is 1.35 bits per heavy atom. The maximum atomic E-state index is 10.7. The molecule has 0 aliphatic rings. The van der Waals surface area contributed by atoms with Crippen LogP contribution in [0.15, 0.2) is 12.1 Å². The maximum absolute atomic E-state index is 10.7. The molecule has 4 heteroatoms. The molecule has 0 saturated carbocycles. The Hall–Kier alpha value is -1.55. The van der Waals surface area contributed by atoms with E-state index in [-0.39, 0.29) is 17.6 Å². The molecule has 0 atom stereocenters. The van der Waals surface area contributed by atoms with Gasteiger partial charge in [0.25, 0.3) is 0 Å². The van der Waals surface area contributed by atoms with Crippen molar-refractivity contribution in [2.24, 2.45) is 5.73 Å². The largest absolute Gasteiger partial charge is 0.507 e. The van der Waals surface area contributed by atoms with Crippen LogP contribution in [0.3, 0.4) is 0 Å². The van der Waals surface area contributed by atoms with Gasteiger partial charge in [-0.3, -0.25) is 4.79 Å². The summed E-state index contributed by atoms with van der Waals surface area (Å²) in [6.07, 6.45) is -0.192. The fourth-order valence-electron chi connectivity index (χ4n) is 1.75. The number of carbonyl (C=O) groups is 1. The fourth-order valence-corrected chi connectivity index (χ4v) is 1.75. The lowest BCUT2D eigenvalue weighted by atomic mass is 9.83. The highest BCUT2D eigenvalue weighted by Crippen LogP contribution is 2.34. The first-order valence-corrected chi connectivity index (χ1v) is 5.52. The molecule has 17 heavy (non-hydrogen) atoms. The molecule has 4 nitrogen and oxygen atoms in total. The van der Waals surface area contributed by atoms with Gasteiger partial charge in [0.15, 0.2) is 0 Å². The van der Waals surface area contributed by atoms with E-state index in [2.05, 4.69) is 0 Å². The Morgan fingerprint density at radius 3 is 2.35 bits per heavy atom. The average Bonchev–Trinajstić information content (AvgIpc) is 2.18. The molecule has 0 radical (unpaired) electrons. The van der Waals surface area contributed by atoms with Crippen LogP contribution in [-0.4, -0.2) is 16.2 Å². The molecular formula is C13H19NO3. The van der Waals surface area contributed by atoms with Gasteiger partial charge in [0, 0.05) is 12.1 Å². The summed E-state index contributed by atoms with van der Waals surface area (Å²) >= 11 is 0. The predicted molar refractivity (Wildman–Crippen MR) is 66.0 cm³/mol. The van der Waals surface area contributed by atoms with Crippen LogP contribution in [0, 0.1) is 0 Å². The molecule has 1 aromatic rings. The van der Waals surface area contributed by atoms with Gasteiger partial charge in [-0.25, -0.2) is 0 Å². The minimum absolute atomic E-state index is 0.0668. The lowest BCUT2D eigenvalue weighted by Gasteiger charge is -2.23. The lowest BCUT2D eigenvalue weighted by Crippen LogP contribution is -2.14. The van der Waals surface area contributed by atoms with Gasteiger partial charge in [-0.1, -0.05) is 32.9 Å². The molecule has 94 valence electrons. The monoisotopic (exact) mass is 237 g/mol. The summed E-state index contributed by atoms with van der Waals surface area (Å²) in [6, 6.07) is 3.49. The molecule has 0 bridgehead atoms. The third kappa shape index (κ3) is 3.20. The smallest absolute Gasteiger partial charge is 0.307 e. The van der Waals surface area contributed by atoms with Crippen LogP contribution in [0.1, 0.15) is 37.5 Å². The van der Waals surface area contributed by atoms with Crippen molar-refractivity contribution in [3.8, 4) is 5.75 Å². The van der Waals surface area contributed by atoms with Crippen molar-refractivity contribution < 1.29 is 15.0 Å². The van der Waals surface area contributed by atoms with Crippen LogP contribution in [0.2, 0.25) is 0 Å². The zero-order valence-electron chi connectivity index (χ0n) is 10.4. The summed E-state index contributed by atoms with van der Waals surface area (Å²) in [4.78, 5) is 10.7. The van der Waals surface area contributed by atoms with Gasteiger partial charge in [0.2, 0.25) is 0 Å². The second-order valence-corrected chi connectivity index (χ2v) is 5.18. The van der Waals surface area contributed by atoms with Gasteiger partial charge in [0.05, 0.1) is 6.42 Å². The van der Waals surface area contributed by atoms with Gasteiger partial charge < -0.3 is 15.9 Å². The number of carboxylic acids is 1. The first-order valence-electron chi connectivity index (χ1n) is 5.52. The Balaban J connectivity index is 3.36. The zero-order valence-corrected chi connectivity index (χ0v) is 10.4. The lowest BCUT2D eigenvalue weighted by molar-refractivity contribution is -0.136. The Labute approximate surface area is 101 Å². The highest BCUT2D eigenvalue weighted by Gasteiger charge is 2.21. The van der Waals surface area contributed by atoms with E-state index in [4.69, 9.17) is 10.8 Å². The number of carboxylic acid groups (broad SMARTS) is 1. The molecule has 1 aromatic carbocycles. The first-order chi connectivity index (χ1) is 7.75. The van der Waals surface area contributed by atoms with Crippen molar-refractivity contribution in [3.63, 3.8) is 0 Å². The van der Waals surface area contributed by atoms with E-state index in [0.29, 0.717) is 12.1 Å². The van der Waals surface area contributed by atoms with Crippen LogP contribution >= 0.6 is 0 Å². The van der Waals surface area contributed by atoms with E-state index in [1.165, 1.54) is 0 Å². The predicted octanol–water partition coefficient (Wildman–Crippen LogP) is 1.78. The Kier molecular flexibility index (Phi) is 3.78. The van der Waals surface area contributed by atoms with E-state index in [1.807, 2.05) is 26.8 Å². The Bertz CT molecular complexity index is 433. The number of benzene rings is 1. The third-order valence-corrected chi connectivity index (χ3v) is 2.63. The normalized spacial score (nSPS) is 11.5. The molecular weight excluding hydrogens is 218 g/mol. The number of hydrogen-bond donors (Lipinski definition) is 3. The number of nitrogens with two attached hydrogens (primary N) is 1. The van der Waals surface area contributed by atoms with E-state index >= 15 is 0 Å². The van der Waals surface area contributed by atoms with E-state index < -0.39 is 5.97 Å². The molecule has 1 rings (SSSR count). The van der Waals surface area contributed by atoms with Crippen LogP contribution in [-0.2, 0) is 23.2 Å². The molecule has 0 aromatic heterocycles. The SMILES string of the molecule is CC(C)(C)c1cc(CN)cc(CC(=O)O)c1O. The van der Waals surface area contributed by atoms with Crippen molar-refractivity contribution >= 4 is 5.97 Å². The van der Waals surface area contributed by atoms with Crippen LogP contribution in [0.25, 0.3) is 0 Å². The summed E-state index contributed by atoms with van der Waals surface area (Å²) in [5.74, 6) is -0.897. The van der Waals surface area contributed by atoms with Gasteiger partial charge in [-0.05, 0) is 16.5 Å². The third-order valence-electron chi connectivity index (χ3n) is 2.63. The Morgan fingerprint density at radius 2 is 1.94 bits per heavy atom. The van der Waals surface area contributed by atoms with Crippen molar-refractivity contribution in [1.29, 1.82) is 0 Å². The molecule has 0 aliphatic carbocycles. The quantitative estimate of drug-likeness (QED) is 0.748. The van der Waals surface area contributed by atoms with Crippen molar-refractivity contribution in [1.82, 2.24) is 0 Å². The fraction of sp³-hybridized carbons (Fsp3) is 0.462. The number of phenolic OH excluding ortho intramolecular Hbond substituents is 1. The molecule has 0 fully saturated rings. The molecule has 0 spiro atoms. The van der Waals surface area contributed by atoms with Crippen molar-refractivity contribution in [3.05, 3.63) is 28.8 Å². The molecule has 0 saturated heterocycles. The molecule has 4 N–H and O–H groups in total. The topological polar surface area (TPSA) is 83.6 Å². The van der Waals surface area contributed by atoms with Gasteiger partial charge >= 0.3 is 5.97 Å². The second-order valence-electron chi connectivity index (χ2n) is 5.18. The molecule has 0 aliphatic heterocycles. The first kappa shape index (κ1) is 13.5. The standard InChI is InChI=1S/C13H19NO3/c1-13(2,3)10-5-8(7-14)4-9(12(10)17)6-11(15)16/h4-5,17H,6-7,14H2,1-3H3,(H,15,16). The van der Waals surface area contributed by atoms with Crippen LogP contribution in [0.4, 0.5) is 0 Å². The maximum Gasteiger partial charge on any atom is 0.307 e. The summed E-state index contributed by atoms with van der Waals surface area (Å²) < 4.78 is 0. The molecule has 0 unspecified atom stereocenters. The number of aromatic hydroxyl groups is 1. The number of hydrogen-bond acceptors (Lipinski definition) is 3. The summed E-state index contributed by atoms with van der Waals surface area (Å²) in [5.41, 5.74) is 7.33. The van der Waals surface area contributed by atoms with Gasteiger partial charge in [-0.2, -0.15) is 0 Å². The minimum Gasteiger partial charge on any atom is -0.507 e. The molecule has 0 heterocycles. The van der Waals surface area contributed by atoms with Crippen molar-refractivity contribution in [2.75, 3.05) is 0 Å². The number of aliphatic carboxylic acids is 1.